The van der Waals surface area contributed by atoms with Crippen LogP contribution >= 0.6 is 34.8 Å². The lowest BCUT2D eigenvalue weighted by Gasteiger charge is -2.20. The van der Waals surface area contributed by atoms with Crippen LogP contribution in [0.25, 0.3) is 0 Å². The van der Waals surface area contributed by atoms with Gasteiger partial charge in [0.15, 0.2) is 18.1 Å². The number of carbonyl (C=O) groups is 1. The molecule has 3 rings (SSSR count). The maximum Gasteiger partial charge on any atom is 0.262 e. The number of amides is 1. The highest BCUT2D eigenvalue weighted by atomic mass is 127. The molecule has 0 spiro atoms. The van der Waals surface area contributed by atoms with E-state index >= 15 is 0 Å². The lowest BCUT2D eigenvalue weighted by atomic mass is 10.1. The zero-order valence-electron chi connectivity index (χ0n) is 16.9. The second kappa shape index (κ2) is 9.75. The maximum atomic E-state index is 12.4. The van der Waals surface area contributed by atoms with Crippen LogP contribution in [0.3, 0.4) is 0 Å². The van der Waals surface area contributed by atoms with Crippen LogP contribution in [0.2, 0.25) is 0 Å². The molecule has 1 amide bonds. The van der Waals surface area contributed by atoms with Crippen LogP contribution in [0, 0.1) is 17.4 Å². The number of likely N-dealkylation sites (tertiary alicyclic amines) is 1. The summed E-state index contributed by atoms with van der Waals surface area (Å²) in [6.45, 7) is 5.83. The van der Waals surface area contributed by atoms with Crippen molar-refractivity contribution in [2.45, 2.75) is 26.7 Å². The molecule has 1 heterocycles. The summed E-state index contributed by atoms with van der Waals surface area (Å²) in [6, 6.07) is 9.79. The Labute approximate surface area is 190 Å². The summed E-state index contributed by atoms with van der Waals surface area (Å²) < 4.78 is 12.2. The van der Waals surface area contributed by atoms with Gasteiger partial charge in [0.1, 0.15) is 4.99 Å². The Morgan fingerprint density at radius 2 is 1.86 bits per heavy atom. The molecule has 1 fully saturated rings. The molecule has 2 aromatic rings. The second-order valence-corrected chi connectivity index (χ2v) is 8.64. The summed E-state index contributed by atoms with van der Waals surface area (Å²) in [5.74, 6) is 0.919. The first-order valence-corrected chi connectivity index (χ1v) is 11.0. The summed E-state index contributed by atoms with van der Waals surface area (Å²) in [5.41, 5.74) is 3.81. The van der Waals surface area contributed by atoms with E-state index in [4.69, 9.17) is 21.7 Å². The Hall–Kier alpha value is -1.87. The number of halogens is 1. The molecule has 0 radical (unpaired) electrons. The monoisotopic (exact) mass is 524 g/mol. The van der Waals surface area contributed by atoms with E-state index in [1.165, 1.54) is 12.8 Å². The molecule has 7 heteroatoms. The number of thiocarbonyl (C=S) groups is 1. The number of anilines is 1. The number of rotatable bonds is 6. The molecule has 0 unspecified atom stereocenters. The standard InChI is InChI=1S/C22H25IN2O3S/c1-14-7-6-8-15(2)20(14)24-19(26)13-28-21-17(23)11-16(12-18(21)27-3)22(29)25-9-4-5-10-25/h6-8,11-12H,4-5,9-10,13H2,1-3H3,(H,24,26). The van der Waals surface area contributed by atoms with E-state index in [0.29, 0.717) is 11.5 Å². The number of carbonyl (C=O) groups excluding carboxylic acids is 1. The number of benzene rings is 2. The molecule has 5 nitrogen and oxygen atoms in total. The highest BCUT2D eigenvalue weighted by Crippen LogP contribution is 2.35. The molecule has 1 aliphatic heterocycles. The molecule has 29 heavy (non-hydrogen) atoms. The average Bonchev–Trinajstić information content (AvgIpc) is 3.23. The van der Waals surface area contributed by atoms with Gasteiger partial charge in [0, 0.05) is 24.3 Å². The van der Waals surface area contributed by atoms with E-state index in [9.17, 15) is 4.79 Å². The normalized spacial score (nSPS) is 13.3. The van der Waals surface area contributed by atoms with E-state index in [1.807, 2.05) is 44.2 Å². The lowest BCUT2D eigenvalue weighted by Crippen LogP contribution is -2.27. The minimum Gasteiger partial charge on any atom is -0.493 e. The topological polar surface area (TPSA) is 50.8 Å². The third-order valence-electron chi connectivity index (χ3n) is 4.96. The van der Waals surface area contributed by atoms with Crippen molar-refractivity contribution >= 4 is 51.4 Å². The van der Waals surface area contributed by atoms with Gasteiger partial charge >= 0.3 is 0 Å². The van der Waals surface area contributed by atoms with Crippen molar-refractivity contribution in [3.63, 3.8) is 0 Å². The number of nitrogens with one attached hydrogen (secondary N) is 1. The van der Waals surface area contributed by atoms with E-state index < -0.39 is 0 Å². The van der Waals surface area contributed by atoms with Gasteiger partial charge in [0.2, 0.25) is 0 Å². The Morgan fingerprint density at radius 3 is 2.48 bits per heavy atom. The summed E-state index contributed by atoms with van der Waals surface area (Å²) in [4.78, 5) is 15.5. The molecule has 1 saturated heterocycles. The first-order valence-electron chi connectivity index (χ1n) is 9.56. The van der Waals surface area contributed by atoms with Gasteiger partial charge in [-0.3, -0.25) is 4.79 Å². The van der Waals surface area contributed by atoms with Gasteiger partial charge in [-0.2, -0.15) is 0 Å². The minimum absolute atomic E-state index is 0.101. The van der Waals surface area contributed by atoms with Crippen molar-refractivity contribution in [2.75, 3.05) is 32.1 Å². The minimum atomic E-state index is -0.211. The first kappa shape index (κ1) is 21.8. The van der Waals surface area contributed by atoms with E-state index in [2.05, 4.69) is 32.8 Å². The predicted octanol–water partition coefficient (Wildman–Crippen LogP) is 4.71. The summed E-state index contributed by atoms with van der Waals surface area (Å²) >= 11 is 7.85. The van der Waals surface area contributed by atoms with Gasteiger partial charge in [-0.15, -0.1) is 0 Å². The van der Waals surface area contributed by atoms with Crippen molar-refractivity contribution in [3.05, 3.63) is 50.6 Å². The smallest absolute Gasteiger partial charge is 0.262 e. The number of methoxy groups -OCH3 is 1. The molecule has 2 aromatic carbocycles. The second-order valence-electron chi connectivity index (χ2n) is 7.09. The molecule has 154 valence electrons. The van der Waals surface area contributed by atoms with Gasteiger partial charge in [-0.1, -0.05) is 30.4 Å². The van der Waals surface area contributed by atoms with Crippen LogP contribution in [0.15, 0.2) is 30.3 Å². The van der Waals surface area contributed by atoms with E-state index in [1.54, 1.807) is 7.11 Å². The van der Waals surface area contributed by atoms with Crippen molar-refractivity contribution in [1.29, 1.82) is 0 Å². The van der Waals surface area contributed by atoms with Gasteiger partial charge in [0.25, 0.3) is 5.91 Å². The first-order chi connectivity index (χ1) is 13.9. The Kier molecular flexibility index (Phi) is 7.34. The number of para-hydroxylation sites is 1. The van der Waals surface area contributed by atoms with E-state index in [0.717, 1.165) is 44.0 Å². The molecule has 1 N–H and O–H groups in total. The quantitative estimate of drug-likeness (QED) is 0.439. The van der Waals surface area contributed by atoms with Crippen LogP contribution < -0.4 is 14.8 Å². The van der Waals surface area contributed by atoms with Gasteiger partial charge in [-0.25, -0.2) is 0 Å². The number of hydrogen-bond acceptors (Lipinski definition) is 4. The highest BCUT2D eigenvalue weighted by Gasteiger charge is 2.20. The third kappa shape index (κ3) is 5.19. The van der Waals surface area contributed by atoms with Crippen LogP contribution in [-0.4, -0.2) is 42.6 Å². The van der Waals surface area contributed by atoms with Crippen molar-refractivity contribution in [1.82, 2.24) is 4.90 Å². The van der Waals surface area contributed by atoms with Gasteiger partial charge in [-0.05, 0) is 72.5 Å². The fourth-order valence-electron chi connectivity index (χ4n) is 3.41. The molecule has 0 saturated carbocycles. The summed E-state index contributed by atoms with van der Waals surface area (Å²) in [5, 5.41) is 2.94. The highest BCUT2D eigenvalue weighted by molar-refractivity contribution is 14.1. The van der Waals surface area contributed by atoms with Gasteiger partial charge in [0.05, 0.1) is 10.7 Å². The fourth-order valence-corrected chi connectivity index (χ4v) is 4.47. The zero-order valence-corrected chi connectivity index (χ0v) is 19.9. The number of aryl methyl sites for hydroxylation is 2. The summed E-state index contributed by atoms with van der Waals surface area (Å²) in [6.07, 6.45) is 2.34. The molecular weight excluding hydrogens is 499 g/mol. The zero-order chi connectivity index (χ0) is 21.0. The van der Waals surface area contributed by atoms with Crippen LogP contribution in [0.4, 0.5) is 5.69 Å². The van der Waals surface area contributed by atoms with Crippen LogP contribution in [0.1, 0.15) is 29.5 Å². The van der Waals surface area contributed by atoms with Crippen LogP contribution in [0.5, 0.6) is 11.5 Å². The Morgan fingerprint density at radius 1 is 1.21 bits per heavy atom. The maximum absolute atomic E-state index is 12.4. The SMILES string of the molecule is COc1cc(C(=S)N2CCCC2)cc(I)c1OCC(=O)Nc1c(C)cccc1C. The Balaban J connectivity index is 1.71. The Bertz CT molecular complexity index is 906. The van der Waals surface area contributed by atoms with Crippen molar-refractivity contribution < 1.29 is 14.3 Å². The third-order valence-corrected chi connectivity index (χ3v) is 6.26. The molecule has 0 bridgehead atoms. The molecule has 1 aliphatic rings. The molecule has 0 atom stereocenters. The number of ether oxygens (including phenoxy) is 2. The summed E-state index contributed by atoms with van der Waals surface area (Å²) in [7, 11) is 1.59. The lowest BCUT2D eigenvalue weighted by molar-refractivity contribution is -0.118. The predicted molar refractivity (Wildman–Crippen MR) is 128 cm³/mol. The van der Waals surface area contributed by atoms with E-state index in [-0.39, 0.29) is 12.5 Å². The van der Waals surface area contributed by atoms with Crippen LogP contribution in [-0.2, 0) is 4.79 Å². The molecule has 0 aliphatic carbocycles. The number of hydrogen-bond donors (Lipinski definition) is 1. The average molecular weight is 524 g/mol. The largest absolute Gasteiger partial charge is 0.493 e. The van der Waals surface area contributed by atoms with Gasteiger partial charge < -0.3 is 19.7 Å². The van der Waals surface area contributed by atoms with Crippen molar-refractivity contribution in [2.24, 2.45) is 0 Å². The fraction of sp³-hybridized carbons (Fsp3) is 0.364. The van der Waals surface area contributed by atoms with Crippen molar-refractivity contribution in [3.8, 4) is 11.5 Å². The molecular formula is C22H25IN2O3S. The molecule has 0 aromatic heterocycles. The number of nitrogens with zero attached hydrogens (tertiary/aromatic N) is 1.